The second-order valence-corrected chi connectivity index (χ2v) is 7.39. The fourth-order valence-corrected chi connectivity index (χ4v) is 3.32. The van der Waals surface area contributed by atoms with Gasteiger partial charge in [-0.05, 0) is 57.2 Å². The van der Waals surface area contributed by atoms with Crippen molar-refractivity contribution in [3.05, 3.63) is 26.7 Å². The predicted molar refractivity (Wildman–Crippen MR) is 97.6 cm³/mol. The molecule has 0 aliphatic carbocycles. The van der Waals surface area contributed by atoms with Crippen LogP contribution >= 0.6 is 22.6 Å². The second-order valence-electron chi connectivity index (χ2n) is 6.37. The van der Waals surface area contributed by atoms with Gasteiger partial charge >= 0.3 is 11.9 Å². The highest BCUT2D eigenvalue weighted by atomic mass is 127. The lowest BCUT2D eigenvalue weighted by atomic mass is 10.1. The number of aromatic carboxylic acids is 1. The molecule has 2 rings (SSSR count). The van der Waals surface area contributed by atoms with Crippen molar-refractivity contribution >= 4 is 40.2 Å². The number of esters is 1. The Balaban J connectivity index is 2.65. The number of hydrogen-bond acceptors (Lipinski definition) is 6. The van der Waals surface area contributed by atoms with Crippen molar-refractivity contribution in [2.75, 3.05) is 6.61 Å². The maximum absolute atomic E-state index is 12.5. The van der Waals surface area contributed by atoms with Gasteiger partial charge in [0, 0.05) is 17.3 Å². The summed E-state index contributed by atoms with van der Waals surface area (Å²) in [7, 11) is 0. The number of fused-ring (bicyclic) bond motifs is 1. The average molecular weight is 461 g/mol. The normalized spacial score (nSPS) is 13.0. The van der Waals surface area contributed by atoms with Gasteiger partial charge < -0.3 is 14.6 Å². The topological polar surface area (TPSA) is 103 Å². The zero-order valence-corrected chi connectivity index (χ0v) is 16.8. The van der Waals surface area contributed by atoms with Gasteiger partial charge in [-0.25, -0.2) is 19.1 Å². The molecule has 0 aliphatic heterocycles. The molecule has 0 saturated carbocycles. The van der Waals surface area contributed by atoms with E-state index in [2.05, 4.69) is 10.1 Å². The SMILES string of the molecule is CCOC(=O)[C@@H](OC(C)(C)C)c1c(C)nc2cc(C(=O)O)nn2c1I. The first-order valence-corrected chi connectivity index (χ1v) is 8.76. The van der Waals surface area contributed by atoms with Crippen molar-refractivity contribution in [1.29, 1.82) is 0 Å². The van der Waals surface area contributed by atoms with Crippen molar-refractivity contribution in [2.24, 2.45) is 0 Å². The Hall–Kier alpha value is -1.75. The minimum absolute atomic E-state index is 0.119. The fourth-order valence-electron chi connectivity index (χ4n) is 2.29. The number of hydrogen-bond donors (Lipinski definition) is 1. The largest absolute Gasteiger partial charge is 0.476 e. The lowest BCUT2D eigenvalue weighted by Crippen LogP contribution is -2.30. The highest BCUT2D eigenvalue weighted by molar-refractivity contribution is 14.1. The number of halogens is 1. The third-order valence-corrected chi connectivity index (χ3v) is 4.26. The average Bonchev–Trinajstić information content (AvgIpc) is 2.89. The van der Waals surface area contributed by atoms with Crippen LogP contribution in [0, 0.1) is 10.6 Å². The summed E-state index contributed by atoms with van der Waals surface area (Å²) < 4.78 is 13.0. The minimum atomic E-state index is -1.15. The van der Waals surface area contributed by atoms with Crippen molar-refractivity contribution in [3.8, 4) is 0 Å². The van der Waals surface area contributed by atoms with E-state index >= 15 is 0 Å². The molecule has 1 atom stereocenters. The first-order valence-electron chi connectivity index (χ1n) is 7.68. The van der Waals surface area contributed by atoms with Crippen molar-refractivity contribution in [2.45, 2.75) is 46.3 Å². The first-order chi connectivity index (χ1) is 11.5. The first kappa shape index (κ1) is 19.6. The summed E-state index contributed by atoms with van der Waals surface area (Å²) in [5, 5.41) is 13.2. The third kappa shape index (κ3) is 4.27. The van der Waals surface area contributed by atoms with Crippen LogP contribution in [0.5, 0.6) is 0 Å². The van der Waals surface area contributed by atoms with Crippen LogP contribution in [-0.2, 0) is 14.3 Å². The number of nitrogens with zero attached hydrogens (tertiary/aromatic N) is 3. The van der Waals surface area contributed by atoms with Gasteiger partial charge in [-0.15, -0.1) is 0 Å². The molecule has 0 bridgehead atoms. The molecule has 0 aromatic carbocycles. The molecule has 2 aromatic heterocycles. The van der Waals surface area contributed by atoms with Crippen LogP contribution in [0.4, 0.5) is 0 Å². The Labute approximate surface area is 158 Å². The maximum Gasteiger partial charge on any atom is 0.356 e. The Morgan fingerprint density at radius 3 is 2.56 bits per heavy atom. The summed E-state index contributed by atoms with van der Waals surface area (Å²) >= 11 is 2.01. The molecule has 1 N–H and O–H groups in total. The van der Waals surface area contributed by atoms with E-state index in [4.69, 9.17) is 14.6 Å². The maximum atomic E-state index is 12.5. The predicted octanol–water partition coefficient (Wildman–Crippen LogP) is 2.76. The van der Waals surface area contributed by atoms with Crippen LogP contribution in [-0.4, -0.2) is 43.9 Å². The van der Waals surface area contributed by atoms with Gasteiger partial charge in [0.1, 0.15) is 3.70 Å². The molecule has 0 amide bonds. The molecule has 2 heterocycles. The number of aromatic nitrogens is 3. The molecule has 9 heteroatoms. The van der Waals surface area contributed by atoms with Crippen LogP contribution in [0.25, 0.3) is 5.65 Å². The van der Waals surface area contributed by atoms with Gasteiger partial charge in [-0.3, -0.25) is 0 Å². The number of carbonyl (C=O) groups is 2. The zero-order chi connectivity index (χ0) is 18.9. The molecule has 8 nitrogen and oxygen atoms in total. The number of rotatable bonds is 5. The number of carbonyl (C=O) groups excluding carboxylic acids is 1. The summed E-state index contributed by atoms with van der Waals surface area (Å²) in [6.07, 6.45) is -0.985. The van der Waals surface area contributed by atoms with Crippen LogP contribution in [0.1, 0.15) is 55.5 Å². The molecule has 0 aliphatic rings. The van der Waals surface area contributed by atoms with E-state index in [0.717, 1.165) is 0 Å². The minimum Gasteiger partial charge on any atom is -0.476 e. The van der Waals surface area contributed by atoms with Gasteiger partial charge in [0.15, 0.2) is 17.4 Å². The Morgan fingerprint density at radius 1 is 1.40 bits per heavy atom. The molecule has 0 spiro atoms. The molecular weight excluding hydrogens is 441 g/mol. The smallest absolute Gasteiger partial charge is 0.356 e. The van der Waals surface area contributed by atoms with E-state index in [1.807, 2.05) is 43.4 Å². The van der Waals surface area contributed by atoms with Crippen LogP contribution in [0.3, 0.4) is 0 Å². The van der Waals surface area contributed by atoms with E-state index < -0.39 is 23.6 Å². The summed E-state index contributed by atoms with van der Waals surface area (Å²) in [5.74, 6) is -1.67. The van der Waals surface area contributed by atoms with E-state index in [9.17, 15) is 9.59 Å². The molecule has 136 valence electrons. The van der Waals surface area contributed by atoms with Gasteiger partial charge in [-0.1, -0.05) is 0 Å². The van der Waals surface area contributed by atoms with E-state index in [0.29, 0.717) is 20.6 Å². The van der Waals surface area contributed by atoms with E-state index in [1.165, 1.54) is 10.6 Å². The van der Waals surface area contributed by atoms with Crippen LogP contribution < -0.4 is 0 Å². The summed E-state index contributed by atoms with van der Waals surface area (Å²) in [5.41, 5.74) is 0.739. The molecule has 2 aromatic rings. The molecule has 0 radical (unpaired) electrons. The van der Waals surface area contributed by atoms with E-state index in [-0.39, 0.29) is 12.3 Å². The van der Waals surface area contributed by atoms with E-state index in [1.54, 1.807) is 13.8 Å². The van der Waals surface area contributed by atoms with Crippen molar-refractivity contribution in [1.82, 2.24) is 14.6 Å². The fraction of sp³-hybridized carbons (Fsp3) is 0.500. The Morgan fingerprint density at radius 2 is 2.04 bits per heavy atom. The number of carboxylic acids is 1. The highest BCUT2D eigenvalue weighted by Gasteiger charge is 2.33. The standard InChI is InChI=1S/C16H20IN3O5/c1-6-24-15(23)12(25-16(3,4)5)11-8(2)18-10-7-9(14(21)22)19-20(10)13(11)17/h7,12H,6H2,1-5H3,(H,21,22)/t12-/m0/s1. The molecule has 25 heavy (non-hydrogen) atoms. The van der Waals surface area contributed by atoms with Gasteiger partial charge in [0.25, 0.3) is 0 Å². The van der Waals surface area contributed by atoms with Crippen molar-refractivity contribution < 1.29 is 24.2 Å². The monoisotopic (exact) mass is 461 g/mol. The Bertz CT molecular complexity index is 825. The van der Waals surface area contributed by atoms with Crippen molar-refractivity contribution in [3.63, 3.8) is 0 Å². The lowest BCUT2D eigenvalue weighted by Gasteiger charge is -2.27. The van der Waals surface area contributed by atoms with Gasteiger partial charge in [0.2, 0.25) is 0 Å². The zero-order valence-electron chi connectivity index (χ0n) is 14.7. The lowest BCUT2D eigenvalue weighted by molar-refractivity contribution is -0.167. The number of carboxylic acid groups (broad SMARTS) is 1. The molecular formula is C16H20IN3O5. The van der Waals surface area contributed by atoms with Gasteiger partial charge in [-0.2, -0.15) is 5.10 Å². The third-order valence-electron chi connectivity index (χ3n) is 3.22. The summed E-state index contributed by atoms with van der Waals surface area (Å²) in [6.45, 7) is 9.19. The molecule has 0 unspecified atom stereocenters. The number of aryl methyl sites for hydroxylation is 1. The second kappa shape index (κ2) is 7.24. The molecule has 0 saturated heterocycles. The van der Waals surface area contributed by atoms with Gasteiger partial charge in [0.05, 0.1) is 12.2 Å². The van der Waals surface area contributed by atoms with Crippen LogP contribution in [0.15, 0.2) is 6.07 Å². The van der Waals surface area contributed by atoms with Crippen LogP contribution in [0.2, 0.25) is 0 Å². The summed E-state index contributed by atoms with van der Waals surface area (Å²) in [6, 6.07) is 1.38. The quantitative estimate of drug-likeness (QED) is 0.415. The Kier molecular flexibility index (Phi) is 5.67. The number of ether oxygens (including phenoxy) is 2. The highest BCUT2D eigenvalue weighted by Crippen LogP contribution is 2.31. The summed E-state index contributed by atoms with van der Waals surface area (Å²) in [4.78, 5) is 28.0. The molecule has 0 fully saturated rings.